The maximum atomic E-state index is 12.8. The zero-order valence-corrected chi connectivity index (χ0v) is 21.0. The molecule has 0 aliphatic heterocycles. The molecule has 0 radical (unpaired) electrons. The average molecular weight is 557 g/mol. The number of benzene rings is 1. The van der Waals surface area contributed by atoms with Crippen LogP contribution in [0.3, 0.4) is 0 Å². The third-order valence-corrected chi connectivity index (χ3v) is 5.58. The highest BCUT2D eigenvalue weighted by Gasteiger charge is 2.35. The second-order valence-electron chi connectivity index (χ2n) is 7.91. The zero-order valence-electron chi connectivity index (χ0n) is 16.3. The Morgan fingerprint density at radius 1 is 1.07 bits per heavy atom. The monoisotopic (exact) mass is 554 g/mol. The molecule has 0 unspecified atom stereocenters. The zero-order chi connectivity index (χ0) is 21.4. The highest BCUT2D eigenvalue weighted by molar-refractivity contribution is 9.24. The van der Waals surface area contributed by atoms with E-state index in [-0.39, 0.29) is 8.87 Å². The number of carbonyl (C=O) groups is 2. The van der Waals surface area contributed by atoms with Crippen LogP contribution in [0.5, 0.6) is 0 Å². The number of aromatic nitrogens is 1. The van der Waals surface area contributed by atoms with Crippen molar-refractivity contribution in [3.05, 3.63) is 22.7 Å². The van der Waals surface area contributed by atoms with Gasteiger partial charge in [-0.15, -0.1) is 0 Å². The van der Waals surface area contributed by atoms with Gasteiger partial charge in [-0.2, -0.15) is 4.90 Å². The van der Waals surface area contributed by atoms with Crippen LogP contribution >= 0.6 is 54.8 Å². The Hall–Kier alpha value is -0.900. The predicted octanol–water partition coefficient (Wildman–Crippen LogP) is 7.41. The van der Waals surface area contributed by atoms with Crippen LogP contribution in [0.2, 0.25) is 5.02 Å². The fourth-order valence-electron chi connectivity index (χ4n) is 2.10. The van der Waals surface area contributed by atoms with E-state index in [1.54, 1.807) is 47.6 Å². The summed E-state index contributed by atoms with van der Waals surface area (Å²) in [6, 6.07) is 3.55. The van der Waals surface area contributed by atoms with Gasteiger partial charge >= 0.3 is 12.2 Å². The number of thiazole rings is 1. The predicted molar refractivity (Wildman–Crippen MR) is 120 cm³/mol. The summed E-state index contributed by atoms with van der Waals surface area (Å²) in [5.41, 5.74) is -0.208. The van der Waals surface area contributed by atoms with Crippen LogP contribution in [-0.4, -0.2) is 28.4 Å². The molecule has 0 fully saturated rings. The summed E-state index contributed by atoms with van der Waals surface area (Å²) in [6.07, 6.45) is -1.74. The Morgan fingerprint density at radius 3 is 2.00 bits per heavy atom. The Kier molecular flexibility index (Phi) is 7.06. The van der Waals surface area contributed by atoms with E-state index in [4.69, 9.17) is 21.1 Å². The van der Waals surface area contributed by atoms with Gasteiger partial charge in [0.1, 0.15) is 11.2 Å². The fourth-order valence-corrected chi connectivity index (χ4v) is 4.09. The van der Waals surface area contributed by atoms with Crippen molar-refractivity contribution in [1.82, 2.24) is 4.98 Å². The summed E-state index contributed by atoms with van der Waals surface area (Å²) in [6.45, 7) is 10.3. The molecule has 1 aromatic heterocycles. The van der Waals surface area contributed by atoms with E-state index in [0.29, 0.717) is 15.2 Å². The smallest absolute Gasteiger partial charge is 0.426 e. The number of fused-ring (bicyclic) bond motifs is 1. The molecule has 154 valence electrons. The van der Waals surface area contributed by atoms with Gasteiger partial charge in [0.2, 0.25) is 5.13 Å². The van der Waals surface area contributed by atoms with Crippen LogP contribution in [-0.2, 0) is 9.47 Å². The third kappa shape index (κ3) is 5.81. The lowest BCUT2D eigenvalue weighted by atomic mass is 10.2. The van der Waals surface area contributed by atoms with E-state index in [1.165, 1.54) is 0 Å². The summed E-state index contributed by atoms with van der Waals surface area (Å²) < 4.78 is 11.3. The quantitative estimate of drug-likeness (QED) is 0.360. The molecule has 0 saturated carbocycles. The number of nitrogens with zero attached hydrogens (tertiary/aromatic N) is 2. The SMILES string of the molecule is CC(C)(C)OC(=O)N(C(=O)OC(C)(C)C)c1nc2c(C(Br)Br)ccc(Cl)c2s1. The Bertz CT molecular complexity index is 875. The first-order valence-corrected chi connectivity index (χ1v) is 11.4. The van der Waals surface area contributed by atoms with Gasteiger partial charge in [-0.25, -0.2) is 14.6 Å². The highest BCUT2D eigenvalue weighted by Crippen LogP contribution is 2.41. The third-order valence-electron chi connectivity index (χ3n) is 3.09. The lowest BCUT2D eigenvalue weighted by Crippen LogP contribution is -2.43. The van der Waals surface area contributed by atoms with Crippen LogP contribution in [0.1, 0.15) is 50.8 Å². The van der Waals surface area contributed by atoms with Crippen molar-refractivity contribution in [3.63, 3.8) is 0 Å². The van der Waals surface area contributed by atoms with E-state index in [2.05, 4.69) is 36.8 Å². The Morgan fingerprint density at radius 2 is 1.57 bits per heavy atom. The molecule has 0 N–H and O–H groups in total. The number of alkyl halides is 2. The molecular formula is C18H21Br2ClN2O4S. The van der Waals surface area contributed by atoms with Gasteiger partial charge in [0.05, 0.1) is 19.0 Å². The summed E-state index contributed by atoms with van der Waals surface area (Å²) in [7, 11) is 0. The van der Waals surface area contributed by atoms with E-state index >= 15 is 0 Å². The number of carbonyl (C=O) groups excluding carboxylic acids is 2. The maximum absolute atomic E-state index is 12.8. The molecule has 0 saturated heterocycles. The molecule has 0 spiro atoms. The van der Waals surface area contributed by atoms with Crippen molar-refractivity contribution in [3.8, 4) is 0 Å². The standard InChI is InChI=1S/C18H21Br2ClN2O4S/c1-17(2,3)26-15(24)23(16(25)27-18(4,5)6)14-22-11-9(13(19)20)7-8-10(21)12(11)28-14/h7-8,13H,1-6H3. The van der Waals surface area contributed by atoms with Gasteiger partial charge < -0.3 is 9.47 Å². The minimum atomic E-state index is -0.868. The molecule has 0 bridgehead atoms. The van der Waals surface area contributed by atoms with Gasteiger partial charge in [0.15, 0.2) is 0 Å². The number of rotatable bonds is 2. The number of hydrogen-bond acceptors (Lipinski definition) is 6. The lowest BCUT2D eigenvalue weighted by molar-refractivity contribution is 0.0431. The second kappa shape index (κ2) is 8.45. The number of halogens is 3. The molecular weight excluding hydrogens is 536 g/mol. The average Bonchev–Trinajstić information content (AvgIpc) is 2.88. The first-order valence-electron chi connectivity index (χ1n) is 8.33. The van der Waals surface area contributed by atoms with Crippen molar-refractivity contribution in [2.45, 2.75) is 56.5 Å². The van der Waals surface area contributed by atoms with Crippen LogP contribution in [0.25, 0.3) is 10.2 Å². The van der Waals surface area contributed by atoms with E-state index in [9.17, 15) is 9.59 Å². The summed E-state index contributed by atoms with van der Waals surface area (Å²) in [5.74, 6) is 0. The summed E-state index contributed by atoms with van der Waals surface area (Å²) in [5, 5.41) is 0.588. The first-order chi connectivity index (χ1) is 12.7. The van der Waals surface area contributed by atoms with Crippen LogP contribution in [0.15, 0.2) is 12.1 Å². The Labute approximate surface area is 189 Å². The molecule has 10 heteroatoms. The number of anilines is 1. The maximum Gasteiger partial charge on any atom is 0.426 e. The normalized spacial score (nSPS) is 12.4. The van der Waals surface area contributed by atoms with Crippen LogP contribution in [0.4, 0.5) is 14.7 Å². The van der Waals surface area contributed by atoms with Gasteiger partial charge in [-0.05, 0) is 47.6 Å². The van der Waals surface area contributed by atoms with Crippen molar-refractivity contribution in [1.29, 1.82) is 0 Å². The highest BCUT2D eigenvalue weighted by atomic mass is 79.9. The molecule has 2 rings (SSSR count). The number of ether oxygens (including phenoxy) is 2. The van der Waals surface area contributed by atoms with Crippen molar-refractivity contribution >= 4 is 82.3 Å². The van der Waals surface area contributed by atoms with Crippen LogP contribution < -0.4 is 4.90 Å². The van der Waals surface area contributed by atoms with E-state index in [0.717, 1.165) is 21.8 Å². The van der Waals surface area contributed by atoms with Gasteiger partial charge in [-0.3, -0.25) is 0 Å². The van der Waals surface area contributed by atoms with Gasteiger partial charge in [-0.1, -0.05) is 60.9 Å². The van der Waals surface area contributed by atoms with Crippen molar-refractivity contribution < 1.29 is 19.1 Å². The molecule has 2 aromatic rings. The van der Waals surface area contributed by atoms with Gasteiger partial charge in [0, 0.05) is 5.56 Å². The second-order valence-corrected chi connectivity index (χ2v) is 12.4. The number of hydrogen-bond donors (Lipinski definition) is 0. The Balaban J connectivity index is 2.59. The molecule has 0 aliphatic rings. The largest absolute Gasteiger partial charge is 0.443 e. The van der Waals surface area contributed by atoms with E-state index in [1.807, 2.05) is 6.07 Å². The number of amides is 2. The topological polar surface area (TPSA) is 68.7 Å². The van der Waals surface area contributed by atoms with Crippen LogP contribution in [0, 0.1) is 0 Å². The fraction of sp³-hybridized carbons (Fsp3) is 0.500. The number of imide groups is 1. The first kappa shape index (κ1) is 23.4. The van der Waals surface area contributed by atoms with Crippen molar-refractivity contribution in [2.75, 3.05) is 4.90 Å². The molecule has 0 atom stereocenters. The minimum Gasteiger partial charge on any atom is -0.443 e. The summed E-state index contributed by atoms with van der Waals surface area (Å²) >= 11 is 14.3. The van der Waals surface area contributed by atoms with Crippen molar-refractivity contribution in [2.24, 2.45) is 0 Å². The molecule has 6 nitrogen and oxygen atoms in total. The lowest BCUT2D eigenvalue weighted by Gasteiger charge is -2.27. The molecule has 28 heavy (non-hydrogen) atoms. The molecule has 2 amide bonds. The molecule has 0 aliphatic carbocycles. The van der Waals surface area contributed by atoms with Gasteiger partial charge in [0.25, 0.3) is 0 Å². The van der Waals surface area contributed by atoms with E-state index < -0.39 is 23.4 Å². The minimum absolute atomic E-state index is 0.119. The molecule has 1 heterocycles. The molecule has 1 aromatic carbocycles. The summed E-state index contributed by atoms with van der Waals surface area (Å²) in [4.78, 5) is 30.9.